The Labute approximate surface area is 103 Å². The summed E-state index contributed by atoms with van der Waals surface area (Å²) in [6.07, 6.45) is 1.29. The van der Waals surface area contributed by atoms with E-state index in [0.717, 1.165) is 6.07 Å². The highest BCUT2D eigenvalue weighted by atomic mass is 32.2. The molecule has 1 aromatic heterocycles. The average Bonchev–Trinajstić information content (AvgIpc) is 2.86. The fourth-order valence-electron chi connectivity index (χ4n) is 1.30. The number of methoxy groups -OCH3 is 1. The Hall–Kier alpha value is -2.09. The molecule has 0 spiro atoms. The Bertz CT molecular complexity index is 640. The molecule has 0 saturated heterocycles. The van der Waals surface area contributed by atoms with Crippen LogP contribution >= 0.6 is 0 Å². The summed E-state index contributed by atoms with van der Waals surface area (Å²) < 4.78 is 44.1. The first kappa shape index (κ1) is 12.4. The van der Waals surface area contributed by atoms with Crippen LogP contribution in [0.1, 0.15) is 0 Å². The van der Waals surface area contributed by atoms with Gasteiger partial charge in [-0.2, -0.15) is 13.5 Å². The van der Waals surface area contributed by atoms with Crippen LogP contribution in [0.4, 0.5) is 10.1 Å². The number of rotatable bonds is 4. The first-order valence-electron chi connectivity index (χ1n) is 4.88. The van der Waals surface area contributed by atoms with E-state index < -0.39 is 15.8 Å². The van der Waals surface area contributed by atoms with Gasteiger partial charge in [0.25, 0.3) is 10.0 Å². The molecule has 0 radical (unpaired) electrons. The highest BCUT2D eigenvalue weighted by molar-refractivity contribution is 7.92. The Kier molecular flexibility index (Phi) is 3.19. The number of halogens is 1. The Morgan fingerprint density at radius 1 is 1.39 bits per heavy atom. The minimum atomic E-state index is -3.88. The molecule has 0 aliphatic heterocycles. The van der Waals surface area contributed by atoms with E-state index in [0.29, 0.717) is 5.75 Å². The van der Waals surface area contributed by atoms with Crippen LogP contribution in [0.25, 0.3) is 0 Å². The van der Waals surface area contributed by atoms with Gasteiger partial charge in [-0.15, -0.1) is 0 Å². The second kappa shape index (κ2) is 4.65. The lowest BCUT2D eigenvalue weighted by molar-refractivity contribution is 0.414. The molecule has 0 aliphatic carbocycles. The Morgan fingerprint density at radius 2 is 2.17 bits per heavy atom. The van der Waals surface area contributed by atoms with E-state index in [1.54, 1.807) is 0 Å². The molecule has 0 atom stereocenters. The molecule has 1 aromatic carbocycles. The summed E-state index contributed by atoms with van der Waals surface area (Å²) in [6, 6.07) is 5.02. The van der Waals surface area contributed by atoms with Crippen LogP contribution < -0.4 is 9.46 Å². The average molecular weight is 271 g/mol. The highest BCUT2D eigenvalue weighted by Crippen LogP contribution is 2.23. The number of aromatic nitrogens is 2. The maximum Gasteiger partial charge on any atom is 0.278 e. The van der Waals surface area contributed by atoms with Gasteiger partial charge in [0, 0.05) is 6.07 Å². The first-order valence-corrected chi connectivity index (χ1v) is 6.37. The first-order chi connectivity index (χ1) is 8.53. The number of benzene rings is 1. The zero-order chi connectivity index (χ0) is 13.2. The van der Waals surface area contributed by atoms with Gasteiger partial charge >= 0.3 is 0 Å². The van der Waals surface area contributed by atoms with Gasteiger partial charge in [-0.25, -0.2) is 4.39 Å². The monoisotopic (exact) mass is 271 g/mol. The lowest BCUT2D eigenvalue weighted by Gasteiger charge is -2.08. The van der Waals surface area contributed by atoms with Crippen molar-refractivity contribution >= 4 is 15.7 Å². The van der Waals surface area contributed by atoms with Crippen LogP contribution in [-0.4, -0.2) is 25.7 Å². The van der Waals surface area contributed by atoms with Gasteiger partial charge in [0.05, 0.1) is 19.0 Å². The third-order valence-corrected chi connectivity index (χ3v) is 3.48. The lowest BCUT2D eigenvalue weighted by atomic mass is 10.3. The standard InChI is InChI=1S/C10H10FN3O3S/c1-17-7-2-3-8(11)9(6-7)14-18(15,16)10-4-5-12-13-10/h2-6,14H,1H3,(H,12,13). The lowest BCUT2D eigenvalue weighted by Crippen LogP contribution is -2.14. The van der Waals surface area contributed by atoms with Crippen molar-refractivity contribution in [3.63, 3.8) is 0 Å². The predicted molar refractivity (Wildman–Crippen MR) is 62.3 cm³/mol. The van der Waals surface area contributed by atoms with Crippen molar-refractivity contribution in [1.82, 2.24) is 10.2 Å². The molecule has 2 N–H and O–H groups in total. The number of H-pyrrole nitrogens is 1. The van der Waals surface area contributed by atoms with E-state index in [4.69, 9.17) is 4.74 Å². The molecular formula is C10H10FN3O3S. The summed E-state index contributed by atoms with van der Waals surface area (Å²) in [5.74, 6) is -0.349. The molecule has 0 amide bonds. The number of anilines is 1. The van der Waals surface area contributed by atoms with Crippen molar-refractivity contribution in [2.45, 2.75) is 5.03 Å². The number of nitrogens with one attached hydrogen (secondary N) is 2. The van der Waals surface area contributed by atoms with Gasteiger partial charge in [0.15, 0.2) is 5.03 Å². The van der Waals surface area contributed by atoms with Crippen molar-refractivity contribution < 1.29 is 17.5 Å². The normalized spacial score (nSPS) is 11.2. The maximum absolute atomic E-state index is 13.5. The molecule has 2 rings (SSSR count). The van der Waals surface area contributed by atoms with E-state index in [9.17, 15) is 12.8 Å². The number of sulfonamides is 1. The number of ether oxygens (including phenoxy) is 1. The number of hydrogen-bond donors (Lipinski definition) is 2. The molecule has 96 valence electrons. The molecule has 8 heteroatoms. The van der Waals surface area contributed by atoms with Crippen LogP contribution in [-0.2, 0) is 10.0 Å². The van der Waals surface area contributed by atoms with E-state index in [-0.39, 0.29) is 10.7 Å². The van der Waals surface area contributed by atoms with E-state index in [1.807, 2.05) is 0 Å². The summed E-state index contributed by atoms with van der Waals surface area (Å²) in [5, 5.41) is 5.67. The van der Waals surface area contributed by atoms with Gasteiger partial charge < -0.3 is 4.74 Å². The Balaban J connectivity index is 2.35. The molecule has 1 heterocycles. The molecule has 0 bridgehead atoms. The van der Waals surface area contributed by atoms with Gasteiger partial charge in [-0.3, -0.25) is 9.82 Å². The van der Waals surface area contributed by atoms with Gasteiger partial charge in [0.2, 0.25) is 0 Å². The smallest absolute Gasteiger partial charge is 0.278 e. The van der Waals surface area contributed by atoms with Crippen LogP contribution in [0, 0.1) is 5.82 Å². The van der Waals surface area contributed by atoms with Crippen LogP contribution in [0.15, 0.2) is 35.5 Å². The summed E-state index contributed by atoms with van der Waals surface area (Å²) >= 11 is 0. The third kappa shape index (κ3) is 2.43. The van der Waals surface area contributed by atoms with Crippen molar-refractivity contribution in [1.29, 1.82) is 0 Å². The summed E-state index contributed by atoms with van der Waals surface area (Å²) in [7, 11) is -2.48. The van der Waals surface area contributed by atoms with E-state index in [1.165, 1.54) is 31.5 Å². The summed E-state index contributed by atoms with van der Waals surface area (Å²) in [5.41, 5.74) is -0.191. The van der Waals surface area contributed by atoms with Crippen LogP contribution in [0.2, 0.25) is 0 Å². The molecule has 0 aliphatic rings. The zero-order valence-electron chi connectivity index (χ0n) is 9.34. The van der Waals surface area contributed by atoms with Gasteiger partial charge in [-0.05, 0) is 18.2 Å². The Morgan fingerprint density at radius 3 is 2.78 bits per heavy atom. The molecular weight excluding hydrogens is 261 g/mol. The predicted octanol–water partition coefficient (Wildman–Crippen LogP) is 1.36. The fourth-order valence-corrected chi connectivity index (χ4v) is 2.27. The molecule has 18 heavy (non-hydrogen) atoms. The quantitative estimate of drug-likeness (QED) is 0.879. The molecule has 6 nitrogen and oxygen atoms in total. The minimum absolute atomic E-state index is 0.148. The van der Waals surface area contributed by atoms with Crippen molar-refractivity contribution in [3.05, 3.63) is 36.3 Å². The van der Waals surface area contributed by atoms with Crippen LogP contribution in [0.5, 0.6) is 5.75 Å². The third-order valence-electron chi connectivity index (χ3n) is 2.18. The molecule has 0 unspecified atom stereocenters. The largest absolute Gasteiger partial charge is 0.497 e. The number of aromatic amines is 1. The van der Waals surface area contributed by atoms with Crippen molar-refractivity contribution in [3.8, 4) is 5.75 Å². The summed E-state index contributed by atoms with van der Waals surface area (Å²) in [4.78, 5) is 0. The SMILES string of the molecule is COc1ccc(F)c(NS(=O)(=O)c2ccn[nH]2)c1. The number of hydrogen-bond acceptors (Lipinski definition) is 4. The fraction of sp³-hybridized carbons (Fsp3) is 0.100. The van der Waals surface area contributed by atoms with Crippen LogP contribution in [0.3, 0.4) is 0 Å². The topological polar surface area (TPSA) is 84.1 Å². The second-order valence-corrected chi connectivity index (χ2v) is 5.02. The minimum Gasteiger partial charge on any atom is -0.497 e. The summed E-state index contributed by atoms with van der Waals surface area (Å²) in [6.45, 7) is 0. The van der Waals surface area contributed by atoms with Gasteiger partial charge in [-0.1, -0.05) is 0 Å². The highest BCUT2D eigenvalue weighted by Gasteiger charge is 2.17. The van der Waals surface area contributed by atoms with E-state index in [2.05, 4.69) is 14.9 Å². The maximum atomic E-state index is 13.5. The second-order valence-electron chi connectivity index (χ2n) is 3.37. The zero-order valence-corrected chi connectivity index (χ0v) is 10.2. The van der Waals surface area contributed by atoms with Crippen molar-refractivity contribution in [2.75, 3.05) is 11.8 Å². The number of nitrogens with zero attached hydrogens (tertiary/aromatic N) is 1. The van der Waals surface area contributed by atoms with Gasteiger partial charge in [0.1, 0.15) is 11.6 Å². The molecule has 0 fully saturated rings. The molecule has 0 saturated carbocycles. The van der Waals surface area contributed by atoms with Crippen molar-refractivity contribution in [2.24, 2.45) is 0 Å². The van der Waals surface area contributed by atoms with E-state index >= 15 is 0 Å². The molecule has 2 aromatic rings.